The predicted molar refractivity (Wildman–Crippen MR) is 90.5 cm³/mol. The summed E-state index contributed by atoms with van der Waals surface area (Å²) in [5, 5.41) is 14.3. The summed E-state index contributed by atoms with van der Waals surface area (Å²) in [6, 6.07) is 7.19. The molecule has 23 heavy (non-hydrogen) atoms. The van der Waals surface area contributed by atoms with Gasteiger partial charge in [0.25, 0.3) is 0 Å². The third-order valence-electron chi connectivity index (χ3n) is 3.37. The number of thiazole rings is 1. The number of aliphatic carboxylic acids is 1. The maximum absolute atomic E-state index is 12.0. The van der Waals surface area contributed by atoms with Gasteiger partial charge in [-0.15, -0.1) is 11.3 Å². The van der Waals surface area contributed by atoms with Gasteiger partial charge in [-0.05, 0) is 19.4 Å². The molecule has 5 nitrogen and oxygen atoms in total. The average Bonchev–Trinajstić information content (AvgIpc) is 2.95. The molecule has 0 radical (unpaired) electrons. The second-order valence-electron chi connectivity index (χ2n) is 5.44. The van der Waals surface area contributed by atoms with Crippen LogP contribution < -0.4 is 5.32 Å². The Morgan fingerprint density at radius 3 is 2.83 bits per heavy atom. The number of benzene rings is 1. The van der Waals surface area contributed by atoms with Crippen LogP contribution in [0.4, 0.5) is 0 Å². The Hall–Kier alpha value is -2.21. The lowest BCUT2D eigenvalue weighted by atomic mass is 10.1. The smallest absolute Gasteiger partial charge is 0.326 e. The van der Waals surface area contributed by atoms with Crippen LogP contribution in [0.15, 0.2) is 29.6 Å². The summed E-state index contributed by atoms with van der Waals surface area (Å²) < 4.78 is 0. The first-order valence-corrected chi connectivity index (χ1v) is 8.41. The Morgan fingerprint density at radius 2 is 2.17 bits per heavy atom. The maximum Gasteiger partial charge on any atom is 0.326 e. The van der Waals surface area contributed by atoms with E-state index < -0.39 is 12.0 Å². The molecule has 0 fully saturated rings. The van der Waals surface area contributed by atoms with E-state index in [-0.39, 0.29) is 12.3 Å². The van der Waals surface area contributed by atoms with Crippen molar-refractivity contribution in [2.24, 2.45) is 0 Å². The summed E-state index contributed by atoms with van der Waals surface area (Å²) >= 11 is 1.48. The number of hydrogen-bond donors (Lipinski definition) is 2. The van der Waals surface area contributed by atoms with Gasteiger partial charge in [-0.1, -0.05) is 37.1 Å². The molecule has 0 spiro atoms. The number of carboxylic acid groups (broad SMARTS) is 1. The molecule has 0 bridgehead atoms. The number of amides is 1. The summed E-state index contributed by atoms with van der Waals surface area (Å²) in [5.41, 5.74) is 2.83. The Bertz CT molecular complexity index is 697. The van der Waals surface area contributed by atoms with Gasteiger partial charge in [0.05, 0.1) is 12.1 Å². The summed E-state index contributed by atoms with van der Waals surface area (Å²) in [6.45, 7) is 3.90. The molecule has 2 aromatic rings. The first kappa shape index (κ1) is 17.1. The molecule has 1 heterocycles. The van der Waals surface area contributed by atoms with Crippen molar-refractivity contribution in [3.05, 3.63) is 40.9 Å². The summed E-state index contributed by atoms with van der Waals surface area (Å²) in [4.78, 5) is 27.5. The van der Waals surface area contributed by atoms with Crippen molar-refractivity contribution in [3.63, 3.8) is 0 Å². The van der Waals surface area contributed by atoms with E-state index in [0.29, 0.717) is 18.5 Å². The Labute approximate surface area is 139 Å². The van der Waals surface area contributed by atoms with E-state index in [4.69, 9.17) is 5.11 Å². The lowest BCUT2D eigenvalue weighted by molar-refractivity contribution is -0.141. The molecule has 2 rings (SSSR count). The fourth-order valence-corrected chi connectivity index (χ4v) is 3.07. The third-order valence-corrected chi connectivity index (χ3v) is 4.31. The second kappa shape index (κ2) is 7.87. The van der Waals surface area contributed by atoms with Gasteiger partial charge >= 0.3 is 5.97 Å². The van der Waals surface area contributed by atoms with E-state index >= 15 is 0 Å². The normalized spacial score (nSPS) is 11.9. The first-order chi connectivity index (χ1) is 11.0. The van der Waals surface area contributed by atoms with E-state index in [2.05, 4.69) is 10.3 Å². The molecule has 1 amide bonds. The Balaban J connectivity index is 2.01. The molecule has 2 N–H and O–H groups in total. The molecule has 1 aromatic carbocycles. The molecule has 1 unspecified atom stereocenters. The van der Waals surface area contributed by atoms with E-state index in [1.54, 1.807) is 0 Å². The van der Waals surface area contributed by atoms with Crippen LogP contribution >= 0.6 is 11.3 Å². The standard InChI is InChI=1S/C17H20N2O3S/c1-3-5-14(17(21)22)19-15(20)9-13-10-23-16(18-13)12-7-4-6-11(2)8-12/h4,6-8,10,14H,3,5,9H2,1-2H3,(H,19,20)(H,21,22). The zero-order valence-electron chi connectivity index (χ0n) is 13.2. The molecule has 1 atom stereocenters. The number of nitrogens with one attached hydrogen (secondary N) is 1. The quantitative estimate of drug-likeness (QED) is 0.817. The predicted octanol–water partition coefficient (Wildman–Crippen LogP) is 3.03. The number of carboxylic acids is 1. The average molecular weight is 332 g/mol. The van der Waals surface area contributed by atoms with Crippen LogP contribution in [0.3, 0.4) is 0 Å². The van der Waals surface area contributed by atoms with Gasteiger partial charge in [0, 0.05) is 10.9 Å². The van der Waals surface area contributed by atoms with Crippen molar-refractivity contribution in [2.45, 2.75) is 39.2 Å². The van der Waals surface area contributed by atoms with Crippen molar-refractivity contribution in [1.29, 1.82) is 0 Å². The van der Waals surface area contributed by atoms with Gasteiger partial charge in [-0.25, -0.2) is 9.78 Å². The van der Waals surface area contributed by atoms with Crippen molar-refractivity contribution in [2.75, 3.05) is 0 Å². The zero-order valence-corrected chi connectivity index (χ0v) is 14.0. The monoisotopic (exact) mass is 332 g/mol. The number of hydrogen-bond acceptors (Lipinski definition) is 4. The molecule has 0 aliphatic carbocycles. The van der Waals surface area contributed by atoms with Crippen molar-refractivity contribution < 1.29 is 14.7 Å². The first-order valence-electron chi connectivity index (χ1n) is 7.53. The van der Waals surface area contributed by atoms with Crippen LogP contribution in [0.5, 0.6) is 0 Å². The molecule has 6 heteroatoms. The minimum Gasteiger partial charge on any atom is -0.480 e. The van der Waals surface area contributed by atoms with Crippen LogP contribution in [0.1, 0.15) is 31.0 Å². The van der Waals surface area contributed by atoms with Crippen LogP contribution in [0, 0.1) is 6.92 Å². The lowest BCUT2D eigenvalue weighted by Crippen LogP contribution is -2.41. The maximum atomic E-state index is 12.0. The minimum atomic E-state index is -1.00. The number of carbonyl (C=O) groups is 2. The van der Waals surface area contributed by atoms with Crippen LogP contribution in [0.2, 0.25) is 0 Å². The van der Waals surface area contributed by atoms with Crippen molar-refractivity contribution in [3.8, 4) is 10.6 Å². The Morgan fingerprint density at radius 1 is 1.39 bits per heavy atom. The van der Waals surface area contributed by atoms with Crippen molar-refractivity contribution >= 4 is 23.2 Å². The highest BCUT2D eigenvalue weighted by atomic mass is 32.1. The fourth-order valence-electron chi connectivity index (χ4n) is 2.25. The highest BCUT2D eigenvalue weighted by Gasteiger charge is 2.19. The van der Waals surface area contributed by atoms with Gasteiger partial charge in [-0.3, -0.25) is 4.79 Å². The van der Waals surface area contributed by atoms with Gasteiger partial charge in [0.15, 0.2) is 0 Å². The number of aromatic nitrogens is 1. The van der Waals surface area contributed by atoms with Crippen LogP contribution in [-0.4, -0.2) is 28.0 Å². The third kappa shape index (κ3) is 4.89. The summed E-state index contributed by atoms with van der Waals surface area (Å²) in [5.74, 6) is -1.31. The topological polar surface area (TPSA) is 79.3 Å². The SMILES string of the molecule is CCCC(NC(=O)Cc1csc(-c2cccc(C)c2)n1)C(=O)O. The minimum absolute atomic E-state index is 0.0931. The van der Waals surface area contributed by atoms with Gasteiger partial charge in [0.1, 0.15) is 11.0 Å². The summed E-state index contributed by atoms with van der Waals surface area (Å²) in [7, 11) is 0. The molecule has 0 saturated heterocycles. The molecular weight excluding hydrogens is 312 g/mol. The van der Waals surface area contributed by atoms with E-state index in [1.807, 2.05) is 43.5 Å². The highest BCUT2D eigenvalue weighted by Crippen LogP contribution is 2.24. The van der Waals surface area contributed by atoms with E-state index in [9.17, 15) is 9.59 Å². The number of carbonyl (C=O) groups excluding carboxylic acids is 1. The molecule has 0 aliphatic rings. The fraction of sp³-hybridized carbons (Fsp3) is 0.353. The Kier molecular flexibility index (Phi) is 5.87. The van der Waals surface area contributed by atoms with E-state index in [0.717, 1.165) is 16.1 Å². The number of rotatable bonds is 7. The molecular formula is C17H20N2O3S. The van der Waals surface area contributed by atoms with Gasteiger partial charge < -0.3 is 10.4 Å². The second-order valence-corrected chi connectivity index (χ2v) is 6.30. The largest absolute Gasteiger partial charge is 0.480 e. The molecule has 0 aliphatic heterocycles. The van der Waals surface area contributed by atoms with Crippen LogP contribution in [0.25, 0.3) is 10.6 Å². The number of aryl methyl sites for hydroxylation is 1. The molecule has 122 valence electrons. The summed E-state index contributed by atoms with van der Waals surface area (Å²) in [6.07, 6.45) is 1.22. The highest BCUT2D eigenvalue weighted by molar-refractivity contribution is 7.13. The van der Waals surface area contributed by atoms with Gasteiger partial charge in [0.2, 0.25) is 5.91 Å². The van der Waals surface area contributed by atoms with E-state index in [1.165, 1.54) is 11.3 Å². The lowest BCUT2D eigenvalue weighted by Gasteiger charge is -2.12. The zero-order chi connectivity index (χ0) is 16.8. The van der Waals surface area contributed by atoms with Gasteiger partial charge in [-0.2, -0.15) is 0 Å². The number of nitrogens with zero attached hydrogens (tertiary/aromatic N) is 1. The van der Waals surface area contributed by atoms with Crippen molar-refractivity contribution in [1.82, 2.24) is 10.3 Å². The molecule has 0 saturated carbocycles. The van der Waals surface area contributed by atoms with Crippen LogP contribution in [-0.2, 0) is 16.0 Å². The molecule has 1 aromatic heterocycles.